The molecule has 0 saturated carbocycles. The summed E-state index contributed by atoms with van der Waals surface area (Å²) in [6, 6.07) is -4.39. The van der Waals surface area contributed by atoms with Gasteiger partial charge in [0.2, 0.25) is 23.6 Å². The van der Waals surface area contributed by atoms with Crippen molar-refractivity contribution in [2.75, 3.05) is 12.0 Å². The van der Waals surface area contributed by atoms with Crippen LogP contribution in [0.3, 0.4) is 0 Å². The number of hydrogen-bond acceptors (Lipinski definition) is 8. The minimum absolute atomic E-state index is 0.0732. The number of nitrogens with one attached hydrogen (secondary N) is 4. The normalized spacial score (nSPS) is 14.4. The molecule has 196 valence electrons. The van der Waals surface area contributed by atoms with E-state index in [9.17, 15) is 29.1 Å². The number of aromatic nitrogens is 2. The average Bonchev–Trinajstić information content (AvgIpc) is 3.30. The maximum Gasteiger partial charge on any atom is 0.326 e. The molecule has 13 nitrogen and oxygen atoms in total. The van der Waals surface area contributed by atoms with Crippen LogP contribution >= 0.6 is 11.8 Å². The number of aromatic amines is 1. The molecule has 4 atom stereocenters. The third-order valence-electron chi connectivity index (χ3n) is 5.12. The lowest BCUT2D eigenvalue weighted by atomic mass is 10.0. The van der Waals surface area contributed by atoms with E-state index in [2.05, 4.69) is 25.9 Å². The highest BCUT2D eigenvalue weighted by atomic mass is 32.2. The van der Waals surface area contributed by atoms with Crippen molar-refractivity contribution in [1.82, 2.24) is 25.9 Å². The number of nitrogens with two attached hydrogens (primary N) is 2. The second kappa shape index (κ2) is 15.0. The van der Waals surface area contributed by atoms with Crippen LogP contribution in [-0.2, 0) is 30.4 Å². The fourth-order valence-corrected chi connectivity index (χ4v) is 3.57. The van der Waals surface area contributed by atoms with Crippen LogP contribution in [0.5, 0.6) is 0 Å². The van der Waals surface area contributed by atoms with Crippen LogP contribution < -0.4 is 27.4 Å². The number of imidazole rings is 1. The predicted molar refractivity (Wildman–Crippen MR) is 130 cm³/mol. The van der Waals surface area contributed by atoms with Gasteiger partial charge in [0.25, 0.3) is 0 Å². The standard InChI is InChI=1S/C21H35N7O6S/c1-11(2)17(28-18(30)13(22)6-7-35-3)20(32)26-14(4-5-16(23)29)19(31)27-15(21(33)34)8-12-9-24-10-25-12/h9-11,13-15,17H,4-8,22H2,1-3H3,(H2,23,29)(H,24,25)(H,26,32)(H,27,31)(H,28,30)(H,33,34). The zero-order chi connectivity index (χ0) is 26.5. The molecule has 4 amide bonds. The van der Waals surface area contributed by atoms with Crippen molar-refractivity contribution >= 4 is 41.4 Å². The highest BCUT2D eigenvalue weighted by molar-refractivity contribution is 7.98. The third kappa shape index (κ3) is 10.8. The van der Waals surface area contributed by atoms with E-state index in [4.69, 9.17) is 11.5 Å². The molecule has 4 unspecified atom stereocenters. The number of aliphatic carboxylic acids is 1. The monoisotopic (exact) mass is 513 g/mol. The van der Waals surface area contributed by atoms with Gasteiger partial charge in [0.1, 0.15) is 18.1 Å². The van der Waals surface area contributed by atoms with Gasteiger partial charge < -0.3 is 37.5 Å². The van der Waals surface area contributed by atoms with Crippen LogP contribution in [0.25, 0.3) is 0 Å². The number of hydrogen-bond donors (Lipinski definition) is 7. The SMILES string of the molecule is CSCCC(N)C(=O)NC(C(=O)NC(CCC(N)=O)C(=O)NC(Cc1cnc[nH]1)C(=O)O)C(C)C. The number of nitrogens with zero attached hydrogens (tertiary/aromatic N) is 1. The summed E-state index contributed by atoms with van der Waals surface area (Å²) in [6.45, 7) is 3.42. The van der Waals surface area contributed by atoms with E-state index in [1.165, 1.54) is 24.3 Å². The highest BCUT2D eigenvalue weighted by Gasteiger charge is 2.32. The molecule has 0 saturated heterocycles. The number of thioether (sulfide) groups is 1. The number of H-pyrrole nitrogens is 1. The Morgan fingerprint density at radius 3 is 2.23 bits per heavy atom. The molecular formula is C21H35N7O6S. The minimum atomic E-state index is -1.31. The predicted octanol–water partition coefficient (Wildman–Crippen LogP) is -1.51. The molecule has 1 rings (SSSR count). The van der Waals surface area contributed by atoms with Gasteiger partial charge in [-0.15, -0.1) is 0 Å². The van der Waals surface area contributed by atoms with Gasteiger partial charge in [0.15, 0.2) is 0 Å². The zero-order valence-corrected chi connectivity index (χ0v) is 20.9. The molecule has 9 N–H and O–H groups in total. The number of carbonyl (C=O) groups is 5. The molecule has 1 aromatic rings. The van der Waals surface area contributed by atoms with E-state index in [0.29, 0.717) is 17.9 Å². The minimum Gasteiger partial charge on any atom is -0.480 e. The molecule has 35 heavy (non-hydrogen) atoms. The Morgan fingerprint density at radius 1 is 1.06 bits per heavy atom. The summed E-state index contributed by atoms with van der Waals surface area (Å²) < 4.78 is 0. The van der Waals surface area contributed by atoms with Gasteiger partial charge in [-0.1, -0.05) is 13.8 Å². The Hall–Kier alpha value is -3.13. The molecule has 0 radical (unpaired) electrons. The van der Waals surface area contributed by atoms with Gasteiger partial charge in [0, 0.05) is 24.7 Å². The van der Waals surface area contributed by atoms with Crippen LogP contribution in [0, 0.1) is 5.92 Å². The van der Waals surface area contributed by atoms with Crippen molar-refractivity contribution in [1.29, 1.82) is 0 Å². The molecule has 0 bridgehead atoms. The van der Waals surface area contributed by atoms with Gasteiger partial charge in [-0.25, -0.2) is 9.78 Å². The van der Waals surface area contributed by atoms with Crippen LogP contribution in [0.4, 0.5) is 0 Å². The second-order valence-corrected chi connectivity index (χ2v) is 9.35. The first kappa shape index (κ1) is 29.9. The lowest BCUT2D eigenvalue weighted by Crippen LogP contribution is -2.58. The Morgan fingerprint density at radius 2 is 1.71 bits per heavy atom. The van der Waals surface area contributed by atoms with E-state index >= 15 is 0 Å². The van der Waals surface area contributed by atoms with Gasteiger partial charge in [-0.05, 0) is 30.8 Å². The molecule has 14 heteroatoms. The van der Waals surface area contributed by atoms with E-state index in [0.717, 1.165) is 0 Å². The van der Waals surface area contributed by atoms with Gasteiger partial charge in [-0.2, -0.15) is 11.8 Å². The largest absolute Gasteiger partial charge is 0.480 e. The molecule has 1 aromatic heterocycles. The maximum atomic E-state index is 13.0. The molecular weight excluding hydrogens is 478 g/mol. The van der Waals surface area contributed by atoms with Gasteiger partial charge >= 0.3 is 5.97 Å². The number of rotatable bonds is 16. The lowest BCUT2D eigenvalue weighted by Gasteiger charge is -2.27. The number of carboxylic acids is 1. The molecule has 0 fully saturated rings. The quantitative estimate of drug-likeness (QED) is 0.136. The first-order valence-corrected chi connectivity index (χ1v) is 12.5. The molecule has 0 aliphatic heterocycles. The van der Waals surface area contributed by atoms with Gasteiger partial charge in [0.05, 0.1) is 12.4 Å². The van der Waals surface area contributed by atoms with Gasteiger partial charge in [-0.3, -0.25) is 19.2 Å². The van der Waals surface area contributed by atoms with E-state index in [-0.39, 0.29) is 25.2 Å². The Kier molecular flexibility index (Phi) is 12.8. The van der Waals surface area contributed by atoms with Crippen molar-refractivity contribution < 1.29 is 29.1 Å². The van der Waals surface area contributed by atoms with Crippen molar-refractivity contribution in [3.05, 3.63) is 18.2 Å². The summed E-state index contributed by atoms with van der Waals surface area (Å²) in [7, 11) is 0. The Balaban J connectivity index is 2.95. The maximum absolute atomic E-state index is 13.0. The second-order valence-electron chi connectivity index (χ2n) is 8.36. The number of primary amides is 1. The highest BCUT2D eigenvalue weighted by Crippen LogP contribution is 2.08. The summed E-state index contributed by atoms with van der Waals surface area (Å²) in [6.07, 6.45) is 4.65. The Bertz CT molecular complexity index is 864. The summed E-state index contributed by atoms with van der Waals surface area (Å²) >= 11 is 1.54. The third-order valence-corrected chi connectivity index (χ3v) is 5.77. The van der Waals surface area contributed by atoms with Crippen LogP contribution in [0.1, 0.15) is 38.8 Å². The Labute approximate surface area is 207 Å². The number of amides is 4. The molecule has 1 heterocycles. The summed E-state index contributed by atoms with van der Waals surface area (Å²) in [4.78, 5) is 67.9. The fraction of sp³-hybridized carbons (Fsp3) is 0.619. The smallest absolute Gasteiger partial charge is 0.326 e. The van der Waals surface area contributed by atoms with Crippen LogP contribution in [0.15, 0.2) is 12.5 Å². The molecule has 0 aliphatic carbocycles. The first-order chi connectivity index (χ1) is 16.5. The fourth-order valence-electron chi connectivity index (χ4n) is 3.08. The van der Waals surface area contributed by atoms with E-state index in [1.807, 2.05) is 6.26 Å². The number of carboxylic acid groups (broad SMARTS) is 1. The van der Waals surface area contributed by atoms with E-state index in [1.54, 1.807) is 13.8 Å². The topological polar surface area (TPSA) is 222 Å². The lowest BCUT2D eigenvalue weighted by molar-refractivity contribution is -0.142. The van der Waals surface area contributed by atoms with Crippen molar-refractivity contribution in [3.63, 3.8) is 0 Å². The van der Waals surface area contributed by atoms with E-state index < -0.39 is 53.8 Å². The van der Waals surface area contributed by atoms with Crippen molar-refractivity contribution in [3.8, 4) is 0 Å². The zero-order valence-electron chi connectivity index (χ0n) is 20.1. The average molecular weight is 514 g/mol. The number of carbonyl (C=O) groups excluding carboxylic acids is 4. The summed E-state index contributed by atoms with van der Waals surface area (Å²) in [5, 5.41) is 17.0. The molecule has 0 spiro atoms. The molecule has 0 aromatic carbocycles. The van der Waals surface area contributed by atoms with Crippen LogP contribution in [0.2, 0.25) is 0 Å². The van der Waals surface area contributed by atoms with Crippen molar-refractivity contribution in [2.24, 2.45) is 17.4 Å². The summed E-state index contributed by atoms with van der Waals surface area (Å²) in [5.74, 6) is -3.65. The van der Waals surface area contributed by atoms with Crippen LogP contribution in [-0.4, -0.2) is 80.8 Å². The van der Waals surface area contributed by atoms with Crippen molar-refractivity contribution in [2.45, 2.75) is 63.7 Å². The molecule has 0 aliphatic rings. The first-order valence-electron chi connectivity index (χ1n) is 11.1. The summed E-state index contributed by atoms with van der Waals surface area (Å²) in [5.41, 5.74) is 11.6.